The maximum absolute atomic E-state index is 10.9. The van der Waals surface area contributed by atoms with Gasteiger partial charge in [0.1, 0.15) is 5.75 Å². The van der Waals surface area contributed by atoms with E-state index in [1.54, 1.807) is 7.11 Å². The van der Waals surface area contributed by atoms with E-state index in [9.17, 15) is 10.0 Å². The molecule has 18 heavy (non-hydrogen) atoms. The predicted molar refractivity (Wildman–Crippen MR) is 66.6 cm³/mol. The van der Waals surface area contributed by atoms with Crippen molar-refractivity contribution in [1.82, 2.24) is 5.06 Å². The number of hydrogen-bond donors (Lipinski definition) is 2. The van der Waals surface area contributed by atoms with E-state index >= 15 is 0 Å². The molecule has 1 fully saturated rings. The monoisotopic (exact) mass is 250 g/mol. The highest BCUT2D eigenvalue weighted by Crippen LogP contribution is 2.36. The number of rotatable bonds is 3. The third-order valence-electron chi connectivity index (χ3n) is 3.56. The topological polar surface area (TPSA) is 75.8 Å². The Kier molecular flexibility index (Phi) is 3.72. The van der Waals surface area contributed by atoms with Crippen LogP contribution in [0.1, 0.15) is 30.7 Å². The molecule has 0 bridgehead atoms. The summed E-state index contributed by atoms with van der Waals surface area (Å²) in [6, 6.07) is 6.95. The Balaban J connectivity index is 2.01. The molecule has 2 amide bonds. The summed E-state index contributed by atoms with van der Waals surface area (Å²) in [4.78, 5) is 10.9. The largest absolute Gasteiger partial charge is 0.497 e. The molecule has 0 heterocycles. The van der Waals surface area contributed by atoms with Gasteiger partial charge >= 0.3 is 6.03 Å². The Bertz CT molecular complexity index is 419. The summed E-state index contributed by atoms with van der Waals surface area (Å²) in [6.45, 7) is 0. The van der Waals surface area contributed by atoms with E-state index in [1.807, 2.05) is 24.3 Å². The first kappa shape index (κ1) is 12.7. The van der Waals surface area contributed by atoms with E-state index in [0.29, 0.717) is 11.0 Å². The van der Waals surface area contributed by atoms with E-state index in [1.165, 1.54) is 5.56 Å². The highest BCUT2D eigenvalue weighted by molar-refractivity contribution is 5.70. The second kappa shape index (κ2) is 5.27. The van der Waals surface area contributed by atoms with Crippen LogP contribution in [0, 0.1) is 0 Å². The second-order valence-corrected chi connectivity index (χ2v) is 4.62. The fourth-order valence-electron chi connectivity index (χ4n) is 2.54. The number of primary amides is 1. The summed E-state index contributed by atoms with van der Waals surface area (Å²) >= 11 is 0. The fraction of sp³-hybridized carbons (Fsp3) is 0.462. The number of ether oxygens (including phenoxy) is 1. The third kappa shape index (κ3) is 2.56. The van der Waals surface area contributed by atoms with E-state index in [-0.39, 0.29) is 6.04 Å². The van der Waals surface area contributed by atoms with Gasteiger partial charge in [-0.15, -0.1) is 0 Å². The van der Waals surface area contributed by atoms with Crippen LogP contribution in [-0.2, 0) is 0 Å². The molecule has 1 aromatic carbocycles. The molecule has 0 aromatic heterocycles. The molecular formula is C13H18N2O3. The first-order valence-electron chi connectivity index (χ1n) is 6.03. The maximum atomic E-state index is 10.9. The SMILES string of the molecule is COc1ccc(C2CCC(N(O)C(N)=O)C2)cc1. The Morgan fingerprint density at radius 3 is 2.61 bits per heavy atom. The van der Waals surface area contributed by atoms with Gasteiger partial charge in [0.15, 0.2) is 0 Å². The predicted octanol–water partition coefficient (Wildman–Crippen LogP) is 2.10. The summed E-state index contributed by atoms with van der Waals surface area (Å²) < 4.78 is 5.11. The van der Waals surface area contributed by atoms with Crippen LogP contribution in [0.2, 0.25) is 0 Å². The number of hydrogen-bond acceptors (Lipinski definition) is 3. The Morgan fingerprint density at radius 1 is 1.39 bits per heavy atom. The highest BCUT2D eigenvalue weighted by Gasteiger charge is 2.31. The first-order valence-corrected chi connectivity index (χ1v) is 6.03. The zero-order valence-corrected chi connectivity index (χ0v) is 10.4. The van der Waals surface area contributed by atoms with Crippen LogP contribution in [0.4, 0.5) is 4.79 Å². The molecule has 0 aliphatic heterocycles. The van der Waals surface area contributed by atoms with Gasteiger partial charge < -0.3 is 10.5 Å². The zero-order chi connectivity index (χ0) is 13.1. The van der Waals surface area contributed by atoms with E-state index in [0.717, 1.165) is 25.0 Å². The lowest BCUT2D eigenvalue weighted by molar-refractivity contribution is -0.0730. The van der Waals surface area contributed by atoms with Crippen molar-refractivity contribution >= 4 is 6.03 Å². The minimum atomic E-state index is -0.782. The number of carbonyl (C=O) groups is 1. The minimum Gasteiger partial charge on any atom is -0.497 e. The molecule has 2 atom stereocenters. The molecule has 98 valence electrons. The lowest BCUT2D eigenvalue weighted by Gasteiger charge is -2.20. The summed E-state index contributed by atoms with van der Waals surface area (Å²) in [5, 5.41) is 10.2. The number of amides is 2. The van der Waals surface area contributed by atoms with Gasteiger partial charge in [-0.05, 0) is 42.9 Å². The molecular weight excluding hydrogens is 232 g/mol. The minimum absolute atomic E-state index is 0.172. The Labute approximate surface area is 106 Å². The van der Waals surface area contributed by atoms with Crippen molar-refractivity contribution in [3.63, 3.8) is 0 Å². The van der Waals surface area contributed by atoms with Crippen molar-refractivity contribution in [3.8, 4) is 5.75 Å². The van der Waals surface area contributed by atoms with Crippen LogP contribution in [0.3, 0.4) is 0 Å². The van der Waals surface area contributed by atoms with Crippen LogP contribution in [0.5, 0.6) is 5.75 Å². The number of carbonyl (C=O) groups excluding carboxylic acids is 1. The Morgan fingerprint density at radius 2 is 2.06 bits per heavy atom. The molecule has 1 saturated carbocycles. The molecule has 1 aliphatic rings. The van der Waals surface area contributed by atoms with Gasteiger partial charge in [0.25, 0.3) is 0 Å². The van der Waals surface area contributed by atoms with Crippen molar-refractivity contribution in [3.05, 3.63) is 29.8 Å². The van der Waals surface area contributed by atoms with Gasteiger partial charge in [0.05, 0.1) is 13.2 Å². The van der Waals surface area contributed by atoms with Crippen molar-refractivity contribution in [1.29, 1.82) is 0 Å². The number of urea groups is 1. The van der Waals surface area contributed by atoms with Crippen LogP contribution in [0.15, 0.2) is 24.3 Å². The summed E-state index contributed by atoms with van der Waals surface area (Å²) in [6.07, 6.45) is 2.46. The number of nitrogens with zero attached hydrogens (tertiary/aromatic N) is 1. The van der Waals surface area contributed by atoms with Crippen LogP contribution >= 0.6 is 0 Å². The van der Waals surface area contributed by atoms with Gasteiger partial charge in [-0.3, -0.25) is 5.21 Å². The van der Waals surface area contributed by atoms with Gasteiger partial charge in [-0.2, -0.15) is 0 Å². The number of methoxy groups -OCH3 is 1. The smallest absolute Gasteiger partial charge is 0.338 e. The standard InChI is InChI=1S/C13H18N2O3/c1-18-12-6-3-9(4-7-12)10-2-5-11(8-10)15(17)13(14)16/h3-4,6-7,10-11,17H,2,5,8H2,1H3,(H2,14,16). The molecule has 2 unspecified atom stereocenters. The van der Waals surface area contributed by atoms with Gasteiger partial charge in [-0.1, -0.05) is 12.1 Å². The zero-order valence-electron chi connectivity index (χ0n) is 10.4. The number of nitrogens with two attached hydrogens (primary N) is 1. The molecule has 3 N–H and O–H groups in total. The average Bonchev–Trinajstić information content (AvgIpc) is 2.87. The van der Waals surface area contributed by atoms with E-state index in [2.05, 4.69) is 0 Å². The quantitative estimate of drug-likeness (QED) is 0.637. The van der Waals surface area contributed by atoms with Crippen LogP contribution in [-0.4, -0.2) is 29.5 Å². The Hall–Kier alpha value is -1.75. The molecule has 0 spiro atoms. The molecule has 5 heteroatoms. The molecule has 2 rings (SSSR count). The third-order valence-corrected chi connectivity index (χ3v) is 3.56. The van der Waals surface area contributed by atoms with Gasteiger partial charge in [0.2, 0.25) is 0 Å². The lowest BCUT2D eigenvalue weighted by Crippen LogP contribution is -2.39. The molecule has 0 radical (unpaired) electrons. The number of benzene rings is 1. The van der Waals surface area contributed by atoms with Crippen LogP contribution in [0.25, 0.3) is 0 Å². The summed E-state index contributed by atoms with van der Waals surface area (Å²) in [7, 11) is 1.64. The lowest BCUT2D eigenvalue weighted by atomic mass is 9.97. The molecule has 1 aliphatic carbocycles. The van der Waals surface area contributed by atoms with Crippen molar-refractivity contribution in [2.45, 2.75) is 31.2 Å². The normalized spacial score (nSPS) is 22.8. The van der Waals surface area contributed by atoms with Crippen molar-refractivity contribution < 1.29 is 14.7 Å². The fourth-order valence-corrected chi connectivity index (χ4v) is 2.54. The van der Waals surface area contributed by atoms with E-state index in [4.69, 9.17) is 10.5 Å². The van der Waals surface area contributed by atoms with Gasteiger partial charge in [-0.25, -0.2) is 9.86 Å². The average molecular weight is 250 g/mol. The molecule has 1 aromatic rings. The first-order chi connectivity index (χ1) is 8.61. The number of hydroxylamine groups is 2. The second-order valence-electron chi connectivity index (χ2n) is 4.62. The highest BCUT2D eigenvalue weighted by atomic mass is 16.5. The molecule has 0 saturated heterocycles. The van der Waals surface area contributed by atoms with E-state index < -0.39 is 6.03 Å². The van der Waals surface area contributed by atoms with Crippen LogP contribution < -0.4 is 10.5 Å². The maximum Gasteiger partial charge on any atom is 0.338 e. The summed E-state index contributed by atoms with van der Waals surface area (Å²) in [5.74, 6) is 1.18. The summed E-state index contributed by atoms with van der Waals surface area (Å²) in [5.41, 5.74) is 6.26. The van der Waals surface area contributed by atoms with Crippen molar-refractivity contribution in [2.75, 3.05) is 7.11 Å². The van der Waals surface area contributed by atoms with Gasteiger partial charge in [0, 0.05) is 0 Å². The molecule has 5 nitrogen and oxygen atoms in total. The van der Waals surface area contributed by atoms with Crippen molar-refractivity contribution in [2.24, 2.45) is 5.73 Å².